The van der Waals surface area contributed by atoms with Crippen LogP contribution in [0, 0.1) is 5.92 Å². The van der Waals surface area contributed by atoms with Crippen LogP contribution in [-0.2, 0) is 16.9 Å². The minimum atomic E-state index is -0.130. The first-order chi connectivity index (χ1) is 13.3. The molecule has 0 saturated carbocycles. The van der Waals surface area contributed by atoms with E-state index < -0.39 is 0 Å². The van der Waals surface area contributed by atoms with Crippen molar-refractivity contribution in [3.63, 3.8) is 0 Å². The molecule has 0 bridgehead atoms. The fourth-order valence-corrected chi connectivity index (χ4v) is 3.87. The van der Waals surface area contributed by atoms with Crippen molar-refractivity contribution >= 4 is 11.6 Å². The first-order valence-corrected chi connectivity index (χ1v) is 9.86. The van der Waals surface area contributed by atoms with Gasteiger partial charge in [-0.1, -0.05) is 56.3 Å². The van der Waals surface area contributed by atoms with Crippen LogP contribution in [0.2, 0.25) is 0 Å². The SMILES string of the molecule is CC(C)C(=O)N1Cc2ccccc2-c2ncn(C(C)(C)C)c2-c2ccccc21. The molecule has 0 spiro atoms. The Morgan fingerprint density at radius 3 is 2.32 bits per heavy atom. The van der Waals surface area contributed by atoms with Gasteiger partial charge >= 0.3 is 0 Å². The zero-order chi connectivity index (χ0) is 20.1. The summed E-state index contributed by atoms with van der Waals surface area (Å²) in [5.74, 6) is 0.0548. The number of imidazole rings is 1. The molecule has 0 saturated heterocycles. The van der Waals surface area contributed by atoms with Crippen LogP contribution >= 0.6 is 0 Å². The van der Waals surface area contributed by atoms with E-state index in [-0.39, 0.29) is 17.4 Å². The molecule has 1 aliphatic rings. The summed E-state index contributed by atoms with van der Waals surface area (Å²) in [7, 11) is 0. The Morgan fingerprint density at radius 1 is 1.00 bits per heavy atom. The van der Waals surface area contributed by atoms with Crippen molar-refractivity contribution in [2.45, 2.75) is 46.7 Å². The molecule has 28 heavy (non-hydrogen) atoms. The van der Waals surface area contributed by atoms with Crippen molar-refractivity contribution in [2.75, 3.05) is 4.90 Å². The summed E-state index contributed by atoms with van der Waals surface area (Å²) < 4.78 is 2.22. The van der Waals surface area contributed by atoms with Crippen LogP contribution in [0.4, 0.5) is 5.69 Å². The molecular weight excluding hydrogens is 346 g/mol. The Bertz CT molecular complexity index is 1040. The average Bonchev–Trinajstić information content (AvgIpc) is 3.09. The topological polar surface area (TPSA) is 38.1 Å². The molecule has 4 heteroatoms. The van der Waals surface area contributed by atoms with Crippen LogP contribution in [-0.4, -0.2) is 15.5 Å². The highest BCUT2D eigenvalue weighted by Crippen LogP contribution is 2.43. The van der Waals surface area contributed by atoms with Gasteiger partial charge in [-0.2, -0.15) is 0 Å². The zero-order valence-electron chi connectivity index (χ0n) is 17.2. The summed E-state index contributed by atoms with van der Waals surface area (Å²) in [5.41, 5.74) is 6.13. The lowest BCUT2D eigenvalue weighted by Gasteiger charge is -2.32. The Labute approximate surface area is 166 Å². The minimum absolute atomic E-state index is 0.0772. The Morgan fingerprint density at radius 2 is 1.64 bits per heavy atom. The van der Waals surface area contributed by atoms with E-state index in [1.165, 1.54) is 0 Å². The molecule has 0 aliphatic carbocycles. The Kier molecular flexibility index (Phi) is 4.37. The lowest BCUT2D eigenvalue weighted by atomic mass is 9.94. The number of hydrogen-bond acceptors (Lipinski definition) is 2. The highest BCUT2D eigenvalue weighted by Gasteiger charge is 2.31. The van der Waals surface area contributed by atoms with E-state index in [0.717, 1.165) is 33.8 Å². The number of carbonyl (C=O) groups is 1. The van der Waals surface area contributed by atoms with E-state index >= 15 is 0 Å². The molecule has 2 aromatic carbocycles. The van der Waals surface area contributed by atoms with Gasteiger partial charge in [0.05, 0.1) is 29.9 Å². The Balaban J connectivity index is 2.09. The number of aromatic nitrogens is 2. The molecule has 4 nitrogen and oxygen atoms in total. The third kappa shape index (κ3) is 2.93. The van der Waals surface area contributed by atoms with Crippen LogP contribution in [0.3, 0.4) is 0 Å². The maximum Gasteiger partial charge on any atom is 0.229 e. The number of hydrogen-bond donors (Lipinski definition) is 0. The summed E-state index contributed by atoms with van der Waals surface area (Å²) in [4.78, 5) is 19.9. The van der Waals surface area contributed by atoms with E-state index in [1.54, 1.807) is 0 Å². The first-order valence-electron chi connectivity index (χ1n) is 9.86. The van der Waals surface area contributed by atoms with Gasteiger partial charge in [0.25, 0.3) is 0 Å². The number of carbonyl (C=O) groups excluding carboxylic acids is 1. The van der Waals surface area contributed by atoms with Gasteiger partial charge in [0.15, 0.2) is 0 Å². The number of fused-ring (bicyclic) bond motifs is 5. The molecule has 1 amide bonds. The van der Waals surface area contributed by atoms with E-state index in [1.807, 2.05) is 55.4 Å². The predicted molar refractivity (Wildman–Crippen MR) is 114 cm³/mol. The normalized spacial score (nSPS) is 13.4. The van der Waals surface area contributed by atoms with E-state index in [0.29, 0.717) is 6.54 Å². The van der Waals surface area contributed by atoms with Crippen molar-refractivity contribution in [3.05, 3.63) is 60.4 Å². The lowest BCUT2D eigenvalue weighted by molar-refractivity contribution is -0.121. The predicted octanol–water partition coefficient (Wildman–Crippen LogP) is 5.47. The molecule has 3 aromatic rings. The summed E-state index contributed by atoms with van der Waals surface area (Å²) in [6.45, 7) is 11.0. The largest absolute Gasteiger partial charge is 0.325 e. The molecule has 2 heterocycles. The average molecular weight is 374 g/mol. The quantitative estimate of drug-likeness (QED) is 0.567. The summed E-state index contributed by atoms with van der Waals surface area (Å²) in [5, 5.41) is 0. The maximum absolute atomic E-state index is 13.2. The van der Waals surface area contributed by atoms with Crippen LogP contribution in [0.15, 0.2) is 54.9 Å². The number of amides is 1. The van der Waals surface area contributed by atoms with Crippen LogP contribution in [0.1, 0.15) is 40.2 Å². The molecule has 0 N–H and O–H groups in total. The molecule has 4 rings (SSSR count). The molecule has 0 radical (unpaired) electrons. The number of anilines is 1. The fourth-order valence-electron chi connectivity index (χ4n) is 3.87. The van der Waals surface area contributed by atoms with Gasteiger partial charge in [-0.05, 0) is 32.4 Å². The molecule has 1 aromatic heterocycles. The van der Waals surface area contributed by atoms with Crippen molar-refractivity contribution in [2.24, 2.45) is 5.92 Å². The van der Waals surface area contributed by atoms with Crippen molar-refractivity contribution in [1.29, 1.82) is 0 Å². The number of benzene rings is 2. The van der Waals surface area contributed by atoms with Crippen LogP contribution in [0.5, 0.6) is 0 Å². The van der Waals surface area contributed by atoms with Gasteiger partial charge in [-0.25, -0.2) is 4.98 Å². The van der Waals surface area contributed by atoms with Gasteiger partial charge in [-0.3, -0.25) is 4.79 Å². The van der Waals surface area contributed by atoms with Gasteiger partial charge in [-0.15, -0.1) is 0 Å². The second-order valence-electron chi connectivity index (χ2n) is 8.74. The highest BCUT2D eigenvalue weighted by atomic mass is 16.2. The third-order valence-electron chi connectivity index (χ3n) is 5.30. The van der Waals surface area contributed by atoms with Gasteiger partial charge in [0, 0.05) is 22.6 Å². The lowest BCUT2D eigenvalue weighted by Crippen LogP contribution is -2.35. The van der Waals surface area contributed by atoms with E-state index in [2.05, 4.69) is 43.5 Å². The maximum atomic E-state index is 13.2. The minimum Gasteiger partial charge on any atom is -0.325 e. The van der Waals surface area contributed by atoms with Crippen LogP contribution < -0.4 is 4.90 Å². The molecule has 0 atom stereocenters. The number of nitrogens with zero attached hydrogens (tertiary/aromatic N) is 3. The Hall–Kier alpha value is -2.88. The van der Waals surface area contributed by atoms with E-state index in [4.69, 9.17) is 4.98 Å². The smallest absolute Gasteiger partial charge is 0.229 e. The second-order valence-corrected chi connectivity index (χ2v) is 8.74. The van der Waals surface area contributed by atoms with E-state index in [9.17, 15) is 4.79 Å². The monoisotopic (exact) mass is 373 g/mol. The van der Waals surface area contributed by atoms with Crippen molar-refractivity contribution in [1.82, 2.24) is 9.55 Å². The standard InChI is InChI=1S/C24H27N3O/c1-16(2)23(28)26-14-17-10-6-7-11-18(17)21-22(19-12-8-9-13-20(19)26)27(15-25-21)24(3,4)5/h6-13,15-16H,14H2,1-5H3. The van der Waals surface area contributed by atoms with Gasteiger partial charge in [0.2, 0.25) is 5.91 Å². The summed E-state index contributed by atoms with van der Waals surface area (Å²) in [6.07, 6.45) is 1.93. The summed E-state index contributed by atoms with van der Waals surface area (Å²) >= 11 is 0. The first kappa shape index (κ1) is 18.5. The number of para-hydroxylation sites is 1. The van der Waals surface area contributed by atoms with Crippen molar-refractivity contribution < 1.29 is 4.79 Å². The van der Waals surface area contributed by atoms with Gasteiger partial charge < -0.3 is 9.47 Å². The summed E-state index contributed by atoms with van der Waals surface area (Å²) in [6, 6.07) is 16.5. The second kappa shape index (κ2) is 6.62. The zero-order valence-corrected chi connectivity index (χ0v) is 17.2. The molecule has 0 unspecified atom stereocenters. The van der Waals surface area contributed by atoms with Crippen molar-refractivity contribution in [3.8, 4) is 22.5 Å². The van der Waals surface area contributed by atoms with Gasteiger partial charge in [0.1, 0.15) is 0 Å². The van der Waals surface area contributed by atoms with Crippen LogP contribution in [0.25, 0.3) is 22.5 Å². The third-order valence-corrected chi connectivity index (χ3v) is 5.30. The molecular formula is C24H27N3O. The molecule has 1 aliphatic heterocycles. The molecule has 144 valence electrons. The molecule has 0 fully saturated rings. The number of rotatable bonds is 1. The fraction of sp³-hybridized carbons (Fsp3) is 0.333. The highest BCUT2D eigenvalue weighted by molar-refractivity contribution is 6.01.